The molecule has 2 unspecified atom stereocenters. The van der Waals surface area contributed by atoms with Gasteiger partial charge in [-0.2, -0.15) is 9.97 Å². The van der Waals surface area contributed by atoms with Gasteiger partial charge in [-0.3, -0.25) is 5.32 Å². The molecule has 2 atom stereocenters. The Morgan fingerprint density at radius 2 is 1.74 bits per heavy atom. The van der Waals surface area contributed by atoms with Gasteiger partial charge in [0.2, 0.25) is 11.8 Å². The molecule has 2 saturated heterocycles. The molecule has 5 heterocycles. The first-order valence-corrected chi connectivity index (χ1v) is 10.5. The lowest BCUT2D eigenvalue weighted by Gasteiger charge is -2.36. The van der Waals surface area contributed by atoms with E-state index < -0.39 is 0 Å². The first-order chi connectivity index (χ1) is 15.0. The average molecular weight is 426 g/mol. The second kappa shape index (κ2) is 8.23. The number of aromatic nitrogens is 5. The highest BCUT2D eigenvalue weighted by Crippen LogP contribution is 2.29. The number of morpholine rings is 2. The molecule has 11 nitrogen and oxygen atoms in total. The molecule has 11 heteroatoms. The number of anilines is 4. The van der Waals surface area contributed by atoms with Crippen LogP contribution in [-0.2, 0) is 9.47 Å². The highest BCUT2D eigenvalue weighted by molar-refractivity contribution is 5.89. The number of fused-ring (bicyclic) bond motifs is 1. The minimum Gasteiger partial charge on any atom is -0.408 e. The monoisotopic (exact) mass is 426 g/mol. The maximum absolute atomic E-state index is 5.89. The van der Waals surface area contributed by atoms with Gasteiger partial charge in [0.15, 0.2) is 5.65 Å². The number of ether oxygens (including phenoxy) is 2. The van der Waals surface area contributed by atoms with Crippen LogP contribution in [0.1, 0.15) is 19.7 Å². The maximum atomic E-state index is 5.89. The lowest BCUT2D eigenvalue weighted by Crippen LogP contribution is -2.46. The van der Waals surface area contributed by atoms with E-state index >= 15 is 0 Å². The zero-order valence-electron chi connectivity index (χ0n) is 17.9. The topological polar surface area (TPSA) is 115 Å². The molecule has 31 heavy (non-hydrogen) atoms. The lowest BCUT2D eigenvalue weighted by molar-refractivity contribution is -0.00570. The van der Waals surface area contributed by atoms with E-state index in [2.05, 4.69) is 39.2 Å². The molecule has 2 aliphatic heterocycles. The van der Waals surface area contributed by atoms with Gasteiger partial charge < -0.3 is 23.7 Å². The Morgan fingerprint density at radius 1 is 0.968 bits per heavy atom. The number of nitrogens with one attached hydrogen (secondary N) is 1. The number of pyridine rings is 1. The Labute approximate surface area is 179 Å². The van der Waals surface area contributed by atoms with Crippen molar-refractivity contribution in [2.45, 2.75) is 33.0 Å². The summed E-state index contributed by atoms with van der Waals surface area (Å²) in [5.74, 6) is 2.60. The van der Waals surface area contributed by atoms with Crippen LogP contribution in [0.4, 0.5) is 23.6 Å². The Bertz CT molecular complexity index is 1060. The molecule has 164 valence electrons. The van der Waals surface area contributed by atoms with E-state index in [1.165, 1.54) is 0 Å². The lowest BCUT2D eigenvalue weighted by atomic mass is 10.2. The molecular weight excluding hydrogens is 400 g/mol. The summed E-state index contributed by atoms with van der Waals surface area (Å²) in [5.41, 5.74) is 0.611. The second-order valence-electron chi connectivity index (χ2n) is 7.93. The molecular formula is C20H26N8O3. The van der Waals surface area contributed by atoms with Crippen molar-refractivity contribution in [2.75, 3.05) is 54.5 Å². The molecule has 3 aromatic rings. The minimum atomic E-state index is 0.108. The first kappa shape index (κ1) is 19.9. The van der Waals surface area contributed by atoms with E-state index in [9.17, 15) is 0 Å². The van der Waals surface area contributed by atoms with Gasteiger partial charge in [-0.25, -0.2) is 4.98 Å². The largest absolute Gasteiger partial charge is 0.408 e. The summed E-state index contributed by atoms with van der Waals surface area (Å²) in [6.07, 6.45) is 0.216. The van der Waals surface area contributed by atoms with Crippen molar-refractivity contribution in [1.29, 1.82) is 0 Å². The number of nitrogens with zero attached hydrogens (tertiary/aromatic N) is 7. The molecule has 0 amide bonds. The third kappa shape index (κ3) is 4.23. The molecule has 0 spiro atoms. The van der Waals surface area contributed by atoms with Crippen molar-refractivity contribution in [1.82, 2.24) is 25.1 Å². The molecule has 0 aliphatic carbocycles. The quantitative estimate of drug-likeness (QED) is 0.659. The third-order valence-corrected chi connectivity index (χ3v) is 5.30. The van der Waals surface area contributed by atoms with E-state index in [-0.39, 0.29) is 12.2 Å². The minimum absolute atomic E-state index is 0.108. The Morgan fingerprint density at radius 3 is 2.45 bits per heavy atom. The van der Waals surface area contributed by atoms with Crippen LogP contribution >= 0.6 is 0 Å². The number of hydrogen-bond donors (Lipinski definition) is 1. The van der Waals surface area contributed by atoms with Crippen LogP contribution < -0.4 is 15.1 Å². The normalized spacial score (nSPS) is 22.2. The van der Waals surface area contributed by atoms with Gasteiger partial charge in [0.25, 0.3) is 0 Å². The smallest absolute Gasteiger partial charge is 0.321 e. The summed E-state index contributed by atoms with van der Waals surface area (Å²) >= 11 is 0. The van der Waals surface area contributed by atoms with Crippen LogP contribution in [-0.4, -0.2) is 76.8 Å². The summed E-state index contributed by atoms with van der Waals surface area (Å²) in [6.45, 7) is 10.3. The SMILES string of the molecule is Cc1nnc(Nc2ccc3c(N4CCOCC4)nc(N4CC(C)OC(C)C4)nc3n2)o1. The highest BCUT2D eigenvalue weighted by atomic mass is 16.5. The maximum Gasteiger partial charge on any atom is 0.321 e. The summed E-state index contributed by atoms with van der Waals surface area (Å²) in [4.78, 5) is 18.9. The number of rotatable bonds is 4. The fourth-order valence-corrected chi connectivity index (χ4v) is 4.01. The van der Waals surface area contributed by atoms with Crippen LogP contribution in [0.3, 0.4) is 0 Å². The van der Waals surface area contributed by atoms with Crippen LogP contribution in [0.2, 0.25) is 0 Å². The zero-order chi connectivity index (χ0) is 21.4. The van der Waals surface area contributed by atoms with Crippen molar-refractivity contribution in [2.24, 2.45) is 0 Å². The van der Waals surface area contributed by atoms with Crippen molar-refractivity contribution >= 4 is 34.6 Å². The summed E-state index contributed by atoms with van der Waals surface area (Å²) in [5, 5.41) is 11.8. The second-order valence-corrected chi connectivity index (χ2v) is 7.93. The van der Waals surface area contributed by atoms with Crippen LogP contribution in [0.5, 0.6) is 0 Å². The van der Waals surface area contributed by atoms with E-state index in [0.717, 1.165) is 37.4 Å². The summed E-state index contributed by atoms with van der Waals surface area (Å²) in [7, 11) is 0. The van der Waals surface area contributed by atoms with Crippen molar-refractivity contribution < 1.29 is 13.9 Å². The van der Waals surface area contributed by atoms with Crippen molar-refractivity contribution in [3.05, 3.63) is 18.0 Å². The van der Waals surface area contributed by atoms with E-state index in [1.807, 2.05) is 12.1 Å². The van der Waals surface area contributed by atoms with Gasteiger partial charge in [-0.1, -0.05) is 5.10 Å². The first-order valence-electron chi connectivity index (χ1n) is 10.5. The highest BCUT2D eigenvalue weighted by Gasteiger charge is 2.26. The van der Waals surface area contributed by atoms with E-state index in [1.54, 1.807) is 6.92 Å². The van der Waals surface area contributed by atoms with Gasteiger partial charge in [0.1, 0.15) is 11.6 Å². The molecule has 0 aromatic carbocycles. The molecule has 5 rings (SSSR count). The third-order valence-electron chi connectivity index (χ3n) is 5.30. The Hall–Kier alpha value is -3.05. The van der Waals surface area contributed by atoms with E-state index in [0.29, 0.717) is 42.5 Å². The summed E-state index contributed by atoms with van der Waals surface area (Å²) in [6, 6.07) is 4.14. The molecule has 0 saturated carbocycles. The van der Waals surface area contributed by atoms with Gasteiger partial charge >= 0.3 is 6.01 Å². The Kier molecular flexibility index (Phi) is 5.28. The van der Waals surface area contributed by atoms with Gasteiger partial charge in [-0.05, 0) is 26.0 Å². The van der Waals surface area contributed by atoms with Gasteiger partial charge in [-0.15, -0.1) is 5.10 Å². The predicted octanol–water partition coefficient (Wildman–Crippen LogP) is 1.91. The Balaban J connectivity index is 1.55. The van der Waals surface area contributed by atoms with Crippen LogP contribution in [0, 0.1) is 6.92 Å². The fourth-order valence-electron chi connectivity index (χ4n) is 4.01. The standard InChI is InChI=1S/C20H26N8O3/c1-12-10-28(11-13(2)30-12)19-23-17-15(18(24-19)27-6-8-29-9-7-27)4-5-16(21-17)22-20-26-25-14(3)31-20/h4-5,12-13H,6-11H2,1-3H3,(H,21,22,23,24,26). The number of hydrogen-bond acceptors (Lipinski definition) is 11. The molecule has 1 N–H and O–H groups in total. The van der Waals surface area contributed by atoms with Crippen molar-refractivity contribution in [3.8, 4) is 0 Å². The summed E-state index contributed by atoms with van der Waals surface area (Å²) < 4.78 is 16.8. The molecule has 2 fully saturated rings. The fraction of sp³-hybridized carbons (Fsp3) is 0.550. The molecule has 0 radical (unpaired) electrons. The van der Waals surface area contributed by atoms with Crippen LogP contribution in [0.25, 0.3) is 11.0 Å². The average Bonchev–Trinajstić information content (AvgIpc) is 3.17. The molecule has 3 aromatic heterocycles. The van der Waals surface area contributed by atoms with Gasteiger partial charge in [0.05, 0.1) is 30.8 Å². The molecule has 0 bridgehead atoms. The van der Waals surface area contributed by atoms with Crippen molar-refractivity contribution in [3.63, 3.8) is 0 Å². The van der Waals surface area contributed by atoms with E-state index in [4.69, 9.17) is 28.8 Å². The zero-order valence-corrected chi connectivity index (χ0v) is 17.9. The van der Waals surface area contributed by atoms with Gasteiger partial charge in [0, 0.05) is 33.1 Å². The molecule has 2 aliphatic rings. The number of aryl methyl sites for hydroxylation is 1. The van der Waals surface area contributed by atoms with Crippen LogP contribution in [0.15, 0.2) is 16.5 Å². The predicted molar refractivity (Wildman–Crippen MR) is 115 cm³/mol.